The Morgan fingerprint density at radius 1 is 1.35 bits per heavy atom. The highest BCUT2D eigenvalue weighted by Crippen LogP contribution is 2.29. The van der Waals surface area contributed by atoms with Crippen LogP contribution in [0.2, 0.25) is 0 Å². The molecule has 3 N–H and O–H groups in total. The molecule has 2 rings (SSSR count). The highest BCUT2D eigenvalue weighted by Gasteiger charge is 2.21. The number of thioether (sulfide) groups is 1. The summed E-state index contributed by atoms with van der Waals surface area (Å²) in [5, 5.41) is 2.72. The fourth-order valence-corrected chi connectivity index (χ4v) is 3.03. The molecule has 1 fully saturated rings. The van der Waals surface area contributed by atoms with Gasteiger partial charge in [-0.05, 0) is 31.0 Å². The summed E-state index contributed by atoms with van der Waals surface area (Å²) < 4.78 is 13.2. The second-order valence-electron chi connectivity index (χ2n) is 4.11. The standard InChI is InChI=1S/C12H15FN2OS/c13-8-5-9(14)7-10(6-8)17-11-3-1-2-4-15-12(11)16/h5-7,11H,1-4,14H2,(H,15,16). The highest BCUT2D eigenvalue weighted by atomic mass is 32.2. The maximum absolute atomic E-state index is 13.2. The van der Waals surface area contributed by atoms with Crippen LogP contribution in [0.4, 0.5) is 10.1 Å². The summed E-state index contributed by atoms with van der Waals surface area (Å²) in [7, 11) is 0. The number of carbonyl (C=O) groups excluding carboxylic acids is 1. The summed E-state index contributed by atoms with van der Waals surface area (Å²) in [6.07, 6.45) is 2.85. The van der Waals surface area contributed by atoms with Crippen LogP contribution < -0.4 is 11.1 Å². The van der Waals surface area contributed by atoms with Crippen molar-refractivity contribution in [2.75, 3.05) is 12.3 Å². The molecule has 1 aromatic carbocycles. The molecule has 0 radical (unpaired) electrons. The van der Waals surface area contributed by atoms with Gasteiger partial charge in [0.15, 0.2) is 0 Å². The van der Waals surface area contributed by atoms with E-state index in [2.05, 4.69) is 5.32 Å². The third-order valence-electron chi connectivity index (χ3n) is 2.66. The molecule has 1 atom stereocenters. The van der Waals surface area contributed by atoms with E-state index < -0.39 is 0 Å². The molecule has 1 aliphatic heterocycles. The maximum Gasteiger partial charge on any atom is 0.233 e. The number of anilines is 1. The van der Waals surface area contributed by atoms with Gasteiger partial charge in [-0.15, -0.1) is 11.8 Å². The zero-order valence-corrected chi connectivity index (χ0v) is 10.2. The Labute approximate surface area is 104 Å². The van der Waals surface area contributed by atoms with Gasteiger partial charge >= 0.3 is 0 Å². The first-order valence-corrected chi connectivity index (χ1v) is 6.53. The van der Waals surface area contributed by atoms with Gasteiger partial charge in [0, 0.05) is 17.1 Å². The van der Waals surface area contributed by atoms with E-state index in [4.69, 9.17) is 5.73 Å². The van der Waals surface area contributed by atoms with Gasteiger partial charge in [0.2, 0.25) is 5.91 Å². The van der Waals surface area contributed by atoms with E-state index in [1.165, 1.54) is 23.9 Å². The highest BCUT2D eigenvalue weighted by molar-refractivity contribution is 8.00. The summed E-state index contributed by atoms with van der Waals surface area (Å²) in [6, 6.07) is 4.39. The fraction of sp³-hybridized carbons (Fsp3) is 0.417. The minimum absolute atomic E-state index is 0.0373. The van der Waals surface area contributed by atoms with Crippen molar-refractivity contribution in [3.63, 3.8) is 0 Å². The van der Waals surface area contributed by atoms with E-state index in [1.807, 2.05) is 0 Å². The average molecular weight is 254 g/mol. The van der Waals surface area contributed by atoms with E-state index in [0.29, 0.717) is 10.6 Å². The minimum Gasteiger partial charge on any atom is -0.399 e. The summed E-state index contributed by atoms with van der Waals surface area (Å²) in [5.74, 6) is -0.322. The van der Waals surface area contributed by atoms with Crippen LogP contribution in [-0.4, -0.2) is 17.7 Å². The molecule has 1 amide bonds. The molecule has 3 nitrogen and oxygen atoms in total. The van der Waals surface area contributed by atoms with Crippen LogP contribution in [0.5, 0.6) is 0 Å². The maximum atomic E-state index is 13.2. The van der Waals surface area contributed by atoms with Crippen LogP contribution in [0, 0.1) is 5.82 Å². The first-order valence-electron chi connectivity index (χ1n) is 5.65. The van der Waals surface area contributed by atoms with Crippen molar-refractivity contribution in [2.24, 2.45) is 0 Å². The van der Waals surface area contributed by atoms with Crippen LogP contribution in [0.25, 0.3) is 0 Å². The fourth-order valence-electron chi connectivity index (χ4n) is 1.84. The van der Waals surface area contributed by atoms with Crippen LogP contribution in [0.3, 0.4) is 0 Å². The van der Waals surface area contributed by atoms with Gasteiger partial charge < -0.3 is 11.1 Å². The molecular formula is C12H15FN2OS. The number of hydrogen-bond donors (Lipinski definition) is 2. The number of halogens is 1. The van der Waals surface area contributed by atoms with Gasteiger partial charge in [0.05, 0.1) is 5.25 Å². The van der Waals surface area contributed by atoms with Crippen LogP contribution >= 0.6 is 11.8 Å². The van der Waals surface area contributed by atoms with Crippen LogP contribution in [0.15, 0.2) is 23.1 Å². The predicted molar refractivity (Wildman–Crippen MR) is 67.3 cm³/mol. The van der Waals surface area contributed by atoms with E-state index in [1.54, 1.807) is 6.07 Å². The molecule has 1 heterocycles. The van der Waals surface area contributed by atoms with Crippen molar-refractivity contribution in [3.05, 3.63) is 24.0 Å². The number of benzene rings is 1. The quantitative estimate of drug-likeness (QED) is 0.795. The number of nitrogens with two attached hydrogens (primary N) is 1. The van der Waals surface area contributed by atoms with E-state index in [9.17, 15) is 9.18 Å². The van der Waals surface area contributed by atoms with Crippen LogP contribution in [0.1, 0.15) is 19.3 Å². The van der Waals surface area contributed by atoms with Crippen molar-refractivity contribution in [2.45, 2.75) is 29.4 Å². The minimum atomic E-state index is -0.360. The van der Waals surface area contributed by atoms with Gasteiger partial charge in [-0.25, -0.2) is 4.39 Å². The third kappa shape index (κ3) is 3.36. The SMILES string of the molecule is Nc1cc(F)cc(SC2CCCCNC2=O)c1. The lowest BCUT2D eigenvalue weighted by Gasteiger charge is -2.12. The Morgan fingerprint density at radius 3 is 2.94 bits per heavy atom. The first kappa shape index (κ1) is 12.2. The Balaban J connectivity index is 2.10. The van der Waals surface area contributed by atoms with Crippen molar-refractivity contribution >= 4 is 23.4 Å². The summed E-state index contributed by atoms with van der Waals surface area (Å²) in [6.45, 7) is 0.737. The lowest BCUT2D eigenvalue weighted by Crippen LogP contribution is -2.30. The van der Waals surface area contributed by atoms with Gasteiger partial charge in [-0.1, -0.05) is 6.42 Å². The zero-order valence-electron chi connectivity index (χ0n) is 9.41. The molecule has 17 heavy (non-hydrogen) atoms. The lowest BCUT2D eigenvalue weighted by molar-refractivity contribution is -0.120. The van der Waals surface area contributed by atoms with Gasteiger partial charge in [0.25, 0.3) is 0 Å². The average Bonchev–Trinajstić information content (AvgIpc) is 2.43. The molecule has 5 heteroatoms. The Kier molecular flexibility index (Phi) is 3.89. The normalized spacial score (nSPS) is 20.8. The zero-order chi connectivity index (χ0) is 12.3. The Bertz CT molecular complexity index is 405. The molecule has 0 spiro atoms. The van der Waals surface area contributed by atoms with Crippen molar-refractivity contribution < 1.29 is 9.18 Å². The summed E-state index contributed by atoms with van der Waals surface area (Å²) >= 11 is 1.38. The molecule has 0 aliphatic carbocycles. The monoisotopic (exact) mass is 254 g/mol. The molecule has 0 bridgehead atoms. The number of nitrogens with one attached hydrogen (secondary N) is 1. The van der Waals surface area contributed by atoms with Crippen molar-refractivity contribution in [1.82, 2.24) is 5.32 Å². The third-order valence-corrected chi connectivity index (χ3v) is 3.90. The number of carbonyl (C=O) groups is 1. The Morgan fingerprint density at radius 2 is 2.18 bits per heavy atom. The molecule has 1 aromatic rings. The molecule has 1 aliphatic rings. The number of nitrogen functional groups attached to an aromatic ring is 1. The van der Waals surface area contributed by atoms with Gasteiger partial charge in [-0.3, -0.25) is 4.79 Å². The summed E-state index contributed by atoms with van der Waals surface area (Å²) in [4.78, 5) is 12.4. The smallest absolute Gasteiger partial charge is 0.233 e. The predicted octanol–water partition coefficient (Wildman–Crippen LogP) is 2.17. The second kappa shape index (κ2) is 5.40. The number of amides is 1. The number of hydrogen-bond acceptors (Lipinski definition) is 3. The second-order valence-corrected chi connectivity index (χ2v) is 5.39. The van der Waals surface area contributed by atoms with Crippen molar-refractivity contribution in [1.29, 1.82) is 0 Å². The molecule has 1 unspecified atom stereocenters. The molecule has 92 valence electrons. The van der Waals surface area contributed by atoms with Gasteiger partial charge in [-0.2, -0.15) is 0 Å². The van der Waals surface area contributed by atoms with Gasteiger partial charge in [0.1, 0.15) is 5.82 Å². The molecule has 0 saturated carbocycles. The lowest BCUT2D eigenvalue weighted by atomic mass is 10.2. The molecule has 0 aromatic heterocycles. The van der Waals surface area contributed by atoms with E-state index >= 15 is 0 Å². The Hall–Kier alpha value is -1.23. The molecular weight excluding hydrogens is 239 g/mol. The van der Waals surface area contributed by atoms with Crippen LogP contribution in [-0.2, 0) is 4.79 Å². The number of rotatable bonds is 2. The largest absolute Gasteiger partial charge is 0.399 e. The first-order chi connectivity index (χ1) is 8.15. The topological polar surface area (TPSA) is 55.1 Å². The van der Waals surface area contributed by atoms with E-state index in [-0.39, 0.29) is 17.0 Å². The summed E-state index contributed by atoms with van der Waals surface area (Å²) in [5.41, 5.74) is 5.97. The molecule has 1 saturated heterocycles. The van der Waals surface area contributed by atoms with Crippen molar-refractivity contribution in [3.8, 4) is 0 Å². The van der Waals surface area contributed by atoms with E-state index in [0.717, 1.165) is 25.8 Å².